The number of morpholine rings is 1. The van der Waals surface area contributed by atoms with Gasteiger partial charge in [-0.05, 0) is 58.2 Å². The smallest absolute Gasteiger partial charge is 0.0808 e. The molecule has 3 heteroatoms. The van der Waals surface area contributed by atoms with E-state index in [-0.39, 0.29) is 11.2 Å². The molecule has 1 aromatic rings. The minimum atomic E-state index is -0.106. The number of anilines is 2. The molecule has 1 N–H and O–H groups in total. The van der Waals surface area contributed by atoms with Gasteiger partial charge in [0, 0.05) is 31.0 Å². The van der Waals surface area contributed by atoms with Gasteiger partial charge in [0.1, 0.15) is 0 Å². The highest BCUT2D eigenvalue weighted by Gasteiger charge is 2.38. The van der Waals surface area contributed by atoms with Gasteiger partial charge in [-0.1, -0.05) is 6.07 Å². The molecule has 0 bridgehead atoms. The van der Waals surface area contributed by atoms with Crippen LogP contribution in [-0.2, 0) is 11.2 Å². The average molecular weight is 274 g/mol. The molecule has 0 radical (unpaired) electrons. The monoisotopic (exact) mass is 274 g/mol. The molecule has 0 amide bonds. The Bertz CT molecular complexity index is 492. The lowest BCUT2D eigenvalue weighted by atomic mass is 9.97. The maximum absolute atomic E-state index is 6.17. The molecule has 0 unspecified atom stereocenters. The van der Waals surface area contributed by atoms with Gasteiger partial charge >= 0.3 is 0 Å². The Morgan fingerprint density at radius 3 is 2.50 bits per heavy atom. The van der Waals surface area contributed by atoms with E-state index < -0.39 is 0 Å². The molecular formula is C17H26N2O. The van der Waals surface area contributed by atoms with Crippen LogP contribution >= 0.6 is 0 Å². The highest BCUT2D eigenvalue weighted by atomic mass is 16.5. The zero-order chi connectivity index (χ0) is 14.4. The number of hydrogen-bond donors (Lipinski definition) is 1. The van der Waals surface area contributed by atoms with E-state index in [1.807, 2.05) is 0 Å². The standard InChI is InChI=1S/C17H26N2O/c1-16(2)11-19(12-17(3,4)20-16)14-8-7-13-6-5-9-18-15(13)10-14/h7-8,10,18H,5-6,9,11-12H2,1-4H3. The third kappa shape index (κ3) is 2.78. The van der Waals surface area contributed by atoms with E-state index in [2.05, 4.69) is 56.1 Å². The summed E-state index contributed by atoms with van der Waals surface area (Å²) in [6.45, 7) is 11.7. The van der Waals surface area contributed by atoms with Crippen LogP contribution in [0.5, 0.6) is 0 Å². The number of rotatable bonds is 1. The SMILES string of the molecule is CC1(C)CN(c2ccc3c(c2)NCCC3)CC(C)(C)O1. The highest BCUT2D eigenvalue weighted by molar-refractivity contribution is 5.63. The average Bonchev–Trinajstić information content (AvgIpc) is 2.34. The Morgan fingerprint density at radius 2 is 1.80 bits per heavy atom. The van der Waals surface area contributed by atoms with Crippen molar-refractivity contribution in [2.45, 2.75) is 51.7 Å². The molecule has 20 heavy (non-hydrogen) atoms. The predicted octanol–water partition coefficient (Wildman–Crippen LogP) is 3.44. The maximum Gasteiger partial charge on any atom is 0.0808 e. The van der Waals surface area contributed by atoms with Crippen LogP contribution in [0.3, 0.4) is 0 Å². The lowest BCUT2D eigenvalue weighted by Crippen LogP contribution is -2.57. The fourth-order valence-electron chi connectivity index (χ4n) is 3.62. The molecule has 0 saturated carbocycles. The first-order valence-corrected chi connectivity index (χ1v) is 7.67. The molecule has 0 spiro atoms. The van der Waals surface area contributed by atoms with Crippen LogP contribution in [-0.4, -0.2) is 30.8 Å². The molecule has 3 nitrogen and oxygen atoms in total. The van der Waals surface area contributed by atoms with Crippen molar-refractivity contribution < 1.29 is 4.74 Å². The van der Waals surface area contributed by atoms with Crippen molar-refractivity contribution >= 4 is 11.4 Å². The first-order valence-electron chi connectivity index (χ1n) is 7.67. The summed E-state index contributed by atoms with van der Waals surface area (Å²) in [4.78, 5) is 2.46. The zero-order valence-electron chi connectivity index (χ0n) is 13.1. The fourth-order valence-corrected chi connectivity index (χ4v) is 3.62. The largest absolute Gasteiger partial charge is 0.385 e. The van der Waals surface area contributed by atoms with E-state index in [0.717, 1.165) is 19.6 Å². The van der Waals surface area contributed by atoms with E-state index in [1.165, 1.54) is 29.8 Å². The molecule has 2 aliphatic heterocycles. The van der Waals surface area contributed by atoms with E-state index in [4.69, 9.17) is 4.74 Å². The Labute approximate surface area is 122 Å². The Balaban J connectivity index is 1.88. The zero-order valence-corrected chi connectivity index (χ0v) is 13.1. The van der Waals surface area contributed by atoms with Crippen LogP contribution in [0.15, 0.2) is 18.2 Å². The molecule has 0 aromatic heterocycles. The van der Waals surface area contributed by atoms with Gasteiger partial charge in [-0.3, -0.25) is 0 Å². The number of ether oxygens (including phenoxy) is 1. The first-order chi connectivity index (χ1) is 9.35. The summed E-state index contributed by atoms with van der Waals surface area (Å²) >= 11 is 0. The third-order valence-corrected chi connectivity index (χ3v) is 4.09. The van der Waals surface area contributed by atoms with Crippen LogP contribution in [0, 0.1) is 0 Å². The number of hydrogen-bond acceptors (Lipinski definition) is 3. The van der Waals surface area contributed by atoms with Crippen molar-refractivity contribution in [1.29, 1.82) is 0 Å². The number of fused-ring (bicyclic) bond motifs is 1. The molecular weight excluding hydrogens is 248 g/mol. The predicted molar refractivity (Wildman–Crippen MR) is 84.7 cm³/mol. The van der Waals surface area contributed by atoms with Gasteiger partial charge in [0.2, 0.25) is 0 Å². The summed E-state index contributed by atoms with van der Waals surface area (Å²) in [6, 6.07) is 6.86. The molecule has 0 aliphatic carbocycles. The molecule has 0 atom stereocenters. The summed E-state index contributed by atoms with van der Waals surface area (Å²) in [5, 5.41) is 3.53. The Morgan fingerprint density at radius 1 is 1.10 bits per heavy atom. The van der Waals surface area contributed by atoms with Crippen molar-refractivity contribution in [3.8, 4) is 0 Å². The van der Waals surface area contributed by atoms with Gasteiger partial charge in [0.25, 0.3) is 0 Å². The second-order valence-electron chi connectivity index (χ2n) is 7.35. The van der Waals surface area contributed by atoms with Crippen molar-refractivity contribution in [1.82, 2.24) is 0 Å². The van der Waals surface area contributed by atoms with Crippen LogP contribution in [0.25, 0.3) is 0 Å². The fraction of sp³-hybridized carbons (Fsp3) is 0.647. The van der Waals surface area contributed by atoms with Crippen LogP contribution in [0.1, 0.15) is 39.7 Å². The normalized spacial score (nSPS) is 23.9. The Hall–Kier alpha value is -1.22. The molecule has 1 saturated heterocycles. The van der Waals surface area contributed by atoms with Crippen molar-refractivity contribution in [3.63, 3.8) is 0 Å². The van der Waals surface area contributed by atoms with Crippen LogP contribution in [0.2, 0.25) is 0 Å². The second-order valence-corrected chi connectivity index (χ2v) is 7.35. The van der Waals surface area contributed by atoms with Gasteiger partial charge < -0.3 is 15.0 Å². The second kappa shape index (κ2) is 4.66. The molecule has 3 rings (SSSR count). The van der Waals surface area contributed by atoms with E-state index in [0.29, 0.717) is 0 Å². The summed E-state index contributed by atoms with van der Waals surface area (Å²) in [6.07, 6.45) is 2.44. The first kappa shape index (κ1) is 13.7. The van der Waals surface area contributed by atoms with Crippen molar-refractivity contribution in [3.05, 3.63) is 23.8 Å². The number of nitrogens with one attached hydrogen (secondary N) is 1. The van der Waals surface area contributed by atoms with E-state index in [1.54, 1.807) is 0 Å². The van der Waals surface area contributed by atoms with Gasteiger partial charge in [-0.25, -0.2) is 0 Å². The third-order valence-electron chi connectivity index (χ3n) is 4.09. The summed E-state index contributed by atoms with van der Waals surface area (Å²) in [7, 11) is 0. The van der Waals surface area contributed by atoms with Gasteiger partial charge in [-0.15, -0.1) is 0 Å². The van der Waals surface area contributed by atoms with Crippen molar-refractivity contribution in [2.75, 3.05) is 29.9 Å². The van der Waals surface area contributed by atoms with Crippen LogP contribution < -0.4 is 10.2 Å². The van der Waals surface area contributed by atoms with Crippen molar-refractivity contribution in [2.24, 2.45) is 0 Å². The minimum Gasteiger partial charge on any atom is -0.385 e. The quantitative estimate of drug-likeness (QED) is 0.849. The topological polar surface area (TPSA) is 24.5 Å². The lowest BCUT2D eigenvalue weighted by molar-refractivity contribution is -0.133. The van der Waals surface area contributed by atoms with Gasteiger partial charge in [0.05, 0.1) is 11.2 Å². The molecule has 1 fully saturated rings. The number of aryl methyl sites for hydroxylation is 1. The summed E-state index contributed by atoms with van der Waals surface area (Å²) in [5.41, 5.74) is 3.86. The van der Waals surface area contributed by atoms with Gasteiger partial charge in [0.15, 0.2) is 0 Å². The maximum atomic E-state index is 6.17. The van der Waals surface area contributed by atoms with E-state index >= 15 is 0 Å². The summed E-state index contributed by atoms with van der Waals surface area (Å²) < 4.78 is 6.17. The molecule has 1 aromatic carbocycles. The molecule has 110 valence electrons. The highest BCUT2D eigenvalue weighted by Crippen LogP contribution is 2.34. The molecule has 2 heterocycles. The van der Waals surface area contributed by atoms with Gasteiger partial charge in [-0.2, -0.15) is 0 Å². The number of benzene rings is 1. The van der Waals surface area contributed by atoms with Crippen LogP contribution in [0.4, 0.5) is 11.4 Å². The van der Waals surface area contributed by atoms with E-state index in [9.17, 15) is 0 Å². The Kier molecular flexibility index (Phi) is 3.20. The minimum absolute atomic E-state index is 0.106. The number of nitrogens with zero attached hydrogens (tertiary/aromatic N) is 1. The summed E-state index contributed by atoms with van der Waals surface area (Å²) in [5.74, 6) is 0. The lowest BCUT2D eigenvalue weighted by Gasteiger charge is -2.48. The molecule has 2 aliphatic rings.